The van der Waals surface area contributed by atoms with E-state index in [1.807, 2.05) is 29.2 Å². The topological polar surface area (TPSA) is 99.1 Å². The SMILES string of the molecule is CCCCCCCC(=O)N(C[C@@H]1CC[C@H]2C[C@@H]1C2(C)C)[C@@H]1CC(C(=O)NCCO)=C[C@H](Oc2ccccc2I)[C@H]1O. The molecule has 0 aromatic heterocycles. The Kier molecular flexibility index (Phi) is 11.6. The van der Waals surface area contributed by atoms with E-state index >= 15 is 0 Å². The number of halogens is 1. The normalized spacial score (nSPS) is 28.3. The zero-order chi connectivity index (χ0) is 29.6. The van der Waals surface area contributed by atoms with Crippen molar-refractivity contribution in [2.45, 2.75) is 103 Å². The minimum Gasteiger partial charge on any atom is -0.482 e. The Labute approximate surface area is 259 Å². The quantitative estimate of drug-likeness (QED) is 0.179. The highest BCUT2D eigenvalue weighted by Gasteiger charge is 2.55. The average Bonchev–Trinajstić information content (AvgIpc) is 2.96. The van der Waals surface area contributed by atoms with Gasteiger partial charge in [0.25, 0.3) is 0 Å². The van der Waals surface area contributed by atoms with Crippen LogP contribution in [0.2, 0.25) is 0 Å². The van der Waals surface area contributed by atoms with Crippen molar-refractivity contribution in [3.63, 3.8) is 0 Å². The summed E-state index contributed by atoms with van der Waals surface area (Å²) in [6.07, 6.45) is 9.47. The molecule has 228 valence electrons. The fourth-order valence-electron chi connectivity index (χ4n) is 7.35. The fourth-order valence-corrected chi connectivity index (χ4v) is 7.86. The Hall–Kier alpha value is -1.65. The Balaban J connectivity index is 1.60. The molecular weight excluding hydrogens is 631 g/mol. The fraction of sp³-hybridized carbons (Fsp3) is 0.697. The van der Waals surface area contributed by atoms with Gasteiger partial charge in [0.15, 0.2) is 0 Å². The van der Waals surface area contributed by atoms with Gasteiger partial charge >= 0.3 is 0 Å². The van der Waals surface area contributed by atoms with E-state index in [9.17, 15) is 19.8 Å². The van der Waals surface area contributed by atoms with E-state index in [0.29, 0.717) is 36.1 Å². The highest BCUT2D eigenvalue weighted by Crippen LogP contribution is 2.61. The molecule has 1 aromatic carbocycles. The van der Waals surface area contributed by atoms with Crippen molar-refractivity contribution >= 4 is 34.4 Å². The monoisotopic (exact) mass is 680 g/mol. The lowest BCUT2D eigenvalue weighted by molar-refractivity contribution is -0.148. The minimum absolute atomic E-state index is 0.0647. The number of aliphatic hydroxyl groups is 2. The van der Waals surface area contributed by atoms with Crippen LogP contribution in [0.3, 0.4) is 0 Å². The zero-order valence-electron chi connectivity index (χ0n) is 25.0. The first-order valence-corrected chi connectivity index (χ1v) is 16.7. The molecule has 41 heavy (non-hydrogen) atoms. The van der Waals surface area contributed by atoms with Gasteiger partial charge in [-0.2, -0.15) is 0 Å². The van der Waals surface area contributed by atoms with Crippen LogP contribution in [0.15, 0.2) is 35.9 Å². The van der Waals surface area contributed by atoms with Crippen LogP contribution in [0.25, 0.3) is 0 Å². The number of carbonyl (C=O) groups is 2. The second-order valence-electron chi connectivity index (χ2n) is 12.9. The standard InChI is InChI=1S/C33H49IN2O5/c1-4-5-6-7-8-13-30(38)36(21-22-14-15-24-20-25(22)33(24,2)3)27-18-23(32(40)35-16-17-37)19-29(31(27)39)41-28-12-10-9-11-26(28)34/h9-12,19,22,24-25,27,29,31,37,39H,4-8,13-18,20-21H2,1-3H3,(H,35,40)/t22-,24-,25-,27+,29-,31-/m0/s1. The van der Waals surface area contributed by atoms with Crippen molar-refractivity contribution in [3.8, 4) is 5.75 Å². The van der Waals surface area contributed by atoms with Crippen molar-refractivity contribution in [1.82, 2.24) is 10.2 Å². The first-order valence-electron chi connectivity index (χ1n) is 15.7. The number of rotatable bonds is 14. The van der Waals surface area contributed by atoms with Crippen LogP contribution < -0.4 is 10.1 Å². The number of benzene rings is 1. The second-order valence-corrected chi connectivity index (χ2v) is 14.0. The molecule has 1 aromatic rings. The summed E-state index contributed by atoms with van der Waals surface area (Å²) in [6, 6.07) is 7.04. The van der Waals surface area contributed by atoms with Gasteiger partial charge in [-0.15, -0.1) is 0 Å². The second kappa shape index (κ2) is 14.7. The van der Waals surface area contributed by atoms with Gasteiger partial charge in [-0.1, -0.05) is 58.6 Å². The van der Waals surface area contributed by atoms with Crippen LogP contribution in [-0.4, -0.2) is 64.9 Å². The molecule has 3 fully saturated rings. The van der Waals surface area contributed by atoms with Crippen molar-refractivity contribution < 1.29 is 24.5 Å². The smallest absolute Gasteiger partial charge is 0.247 e. The lowest BCUT2D eigenvalue weighted by Gasteiger charge is -2.61. The van der Waals surface area contributed by atoms with Crippen LogP contribution in [0.1, 0.15) is 85.0 Å². The van der Waals surface area contributed by atoms with Crippen LogP contribution in [-0.2, 0) is 9.59 Å². The number of fused-ring (bicyclic) bond motifs is 2. The summed E-state index contributed by atoms with van der Waals surface area (Å²) in [7, 11) is 0. The summed E-state index contributed by atoms with van der Waals surface area (Å²) in [5.41, 5.74) is 0.770. The van der Waals surface area contributed by atoms with Gasteiger partial charge in [0.2, 0.25) is 11.8 Å². The van der Waals surface area contributed by atoms with Gasteiger partial charge < -0.3 is 25.2 Å². The van der Waals surface area contributed by atoms with E-state index in [0.717, 1.165) is 41.6 Å². The van der Waals surface area contributed by atoms with Gasteiger partial charge in [-0.05, 0) is 89.7 Å². The van der Waals surface area contributed by atoms with Crippen LogP contribution in [0.4, 0.5) is 0 Å². The Morgan fingerprint density at radius 2 is 1.90 bits per heavy atom. The van der Waals surface area contributed by atoms with Gasteiger partial charge in [-0.25, -0.2) is 0 Å². The van der Waals surface area contributed by atoms with Crippen LogP contribution in [0.5, 0.6) is 5.75 Å². The van der Waals surface area contributed by atoms with Crippen LogP contribution in [0, 0.1) is 26.7 Å². The predicted molar refractivity (Wildman–Crippen MR) is 169 cm³/mol. The number of para-hydroxylation sites is 1. The molecular formula is C33H49IN2O5. The number of unbranched alkanes of at least 4 members (excludes halogenated alkanes) is 4. The maximum absolute atomic E-state index is 14.0. The van der Waals surface area contributed by atoms with E-state index in [1.165, 1.54) is 19.3 Å². The number of ether oxygens (including phenoxy) is 1. The molecule has 5 rings (SSSR count). The predicted octanol–water partition coefficient (Wildman–Crippen LogP) is 5.47. The molecule has 3 N–H and O–H groups in total. The molecule has 6 atom stereocenters. The number of hydrogen-bond donors (Lipinski definition) is 3. The molecule has 2 bridgehead atoms. The van der Waals surface area contributed by atoms with Gasteiger partial charge in [0.05, 0.1) is 16.2 Å². The number of aliphatic hydroxyl groups excluding tert-OH is 2. The van der Waals surface area contributed by atoms with E-state index in [4.69, 9.17) is 4.74 Å². The van der Waals surface area contributed by atoms with E-state index in [2.05, 4.69) is 48.7 Å². The third kappa shape index (κ3) is 7.66. The molecule has 0 aliphatic heterocycles. The Morgan fingerprint density at radius 3 is 2.59 bits per heavy atom. The zero-order valence-corrected chi connectivity index (χ0v) is 27.1. The first-order chi connectivity index (χ1) is 19.7. The number of amides is 2. The van der Waals surface area contributed by atoms with Crippen LogP contribution >= 0.6 is 22.6 Å². The van der Waals surface area contributed by atoms with Crippen molar-refractivity contribution in [2.75, 3.05) is 19.7 Å². The molecule has 0 spiro atoms. The summed E-state index contributed by atoms with van der Waals surface area (Å²) in [5.74, 6) is 2.13. The largest absolute Gasteiger partial charge is 0.482 e. The van der Waals surface area contributed by atoms with E-state index in [1.54, 1.807) is 6.08 Å². The van der Waals surface area contributed by atoms with Gasteiger partial charge in [0.1, 0.15) is 18.0 Å². The summed E-state index contributed by atoms with van der Waals surface area (Å²) in [5, 5.41) is 23.8. The highest BCUT2D eigenvalue weighted by atomic mass is 127. The Bertz CT molecular complexity index is 1070. The minimum atomic E-state index is -0.977. The molecule has 4 aliphatic carbocycles. The molecule has 3 saturated carbocycles. The number of hydrogen-bond acceptors (Lipinski definition) is 5. The third-order valence-corrected chi connectivity index (χ3v) is 10.9. The van der Waals surface area contributed by atoms with Crippen molar-refractivity contribution in [3.05, 3.63) is 39.5 Å². The highest BCUT2D eigenvalue weighted by molar-refractivity contribution is 14.1. The Morgan fingerprint density at radius 1 is 1.15 bits per heavy atom. The average molecular weight is 681 g/mol. The maximum atomic E-state index is 14.0. The summed E-state index contributed by atoms with van der Waals surface area (Å²) in [4.78, 5) is 29.0. The van der Waals surface area contributed by atoms with Crippen molar-refractivity contribution in [2.24, 2.45) is 23.2 Å². The van der Waals surface area contributed by atoms with Gasteiger partial charge in [0, 0.05) is 31.5 Å². The lowest BCUT2D eigenvalue weighted by atomic mass is 9.45. The molecule has 4 aliphatic rings. The summed E-state index contributed by atoms with van der Waals surface area (Å²) < 4.78 is 7.23. The maximum Gasteiger partial charge on any atom is 0.247 e. The molecule has 2 amide bonds. The molecule has 0 heterocycles. The molecule has 0 radical (unpaired) electrons. The summed E-state index contributed by atoms with van der Waals surface area (Å²) in [6.45, 7) is 7.51. The molecule has 8 heteroatoms. The summed E-state index contributed by atoms with van der Waals surface area (Å²) >= 11 is 2.20. The third-order valence-electron chi connectivity index (χ3n) is 9.96. The number of carbonyl (C=O) groups excluding carboxylic acids is 2. The lowest BCUT2D eigenvalue weighted by Crippen LogP contribution is -2.59. The molecule has 0 unspecified atom stereocenters. The van der Waals surface area contributed by atoms with Gasteiger partial charge in [-0.3, -0.25) is 9.59 Å². The number of nitrogens with zero attached hydrogens (tertiary/aromatic N) is 1. The van der Waals surface area contributed by atoms with E-state index in [-0.39, 0.29) is 36.8 Å². The van der Waals surface area contributed by atoms with Crippen molar-refractivity contribution in [1.29, 1.82) is 0 Å². The van der Waals surface area contributed by atoms with E-state index < -0.39 is 18.2 Å². The molecule has 0 saturated heterocycles. The first kappa shape index (κ1) is 32.3. The molecule has 7 nitrogen and oxygen atoms in total. The number of nitrogens with one attached hydrogen (secondary N) is 1.